The topological polar surface area (TPSA) is 3.24 Å². The second kappa shape index (κ2) is 6.61. The highest BCUT2D eigenvalue weighted by Crippen LogP contribution is 2.23. The van der Waals surface area contributed by atoms with E-state index < -0.39 is 0 Å². The van der Waals surface area contributed by atoms with Gasteiger partial charge in [-0.05, 0) is 24.8 Å². The summed E-state index contributed by atoms with van der Waals surface area (Å²) in [6, 6.07) is 11.6. The predicted molar refractivity (Wildman–Crippen MR) is 74.2 cm³/mol. The quantitative estimate of drug-likeness (QED) is 0.673. The molecule has 1 heteroatoms. The lowest BCUT2D eigenvalue weighted by molar-refractivity contribution is 0.223. The Bertz CT molecular complexity index is 325. The summed E-state index contributed by atoms with van der Waals surface area (Å²) in [4.78, 5) is 2.60. The summed E-state index contributed by atoms with van der Waals surface area (Å²) in [7, 11) is 0. The smallest absolute Gasteiger partial charge is 0.0163 e. The van der Waals surface area contributed by atoms with Crippen LogP contribution >= 0.6 is 0 Å². The third-order valence-corrected chi connectivity index (χ3v) is 3.74. The first-order chi connectivity index (χ1) is 8.40. The fraction of sp³-hybridized carbons (Fsp3) is 0.500. The molecule has 1 aliphatic rings. The summed E-state index contributed by atoms with van der Waals surface area (Å²) in [5, 5.41) is 0. The van der Waals surface area contributed by atoms with Crippen molar-refractivity contribution in [2.24, 2.45) is 0 Å². The van der Waals surface area contributed by atoms with Gasteiger partial charge in [-0.2, -0.15) is 0 Å². The van der Waals surface area contributed by atoms with E-state index in [9.17, 15) is 0 Å². The van der Waals surface area contributed by atoms with Crippen molar-refractivity contribution in [2.45, 2.75) is 38.1 Å². The molecule has 0 aliphatic heterocycles. The molecule has 0 heterocycles. The third-order valence-electron chi connectivity index (χ3n) is 3.74. The van der Waals surface area contributed by atoms with Crippen LogP contribution in [0.15, 0.2) is 43.0 Å². The molecule has 0 atom stereocenters. The maximum atomic E-state index is 3.89. The van der Waals surface area contributed by atoms with Gasteiger partial charge in [-0.3, -0.25) is 4.90 Å². The lowest BCUT2D eigenvalue weighted by Gasteiger charge is -2.27. The zero-order chi connectivity index (χ0) is 11.9. The van der Waals surface area contributed by atoms with E-state index in [4.69, 9.17) is 0 Å². The Kier molecular flexibility index (Phi) is 4.81. The molecule has 1 fully saturated rings. The van der Waals surface area contributed by atoms with Gasteiger partial charge in [0.1, 0.15) is 0 Å². The average Bonchev–Trinajstić information content (AvgIpc) is 2.89. The molecule has 1 nitrogen and oxygen atoms in total. The van der Waals surface area contributed by atoms with Crippen LogP contribution < -0.4 is 0 Å². The SMILES string of the molecule is C=CCN(CCc1ccccc1)C1CCCC1. The minimum Gasteiger partial charge on any atom is -0.296 e. The van der Waals surface area contributed by atoms with Gasteiger partial charge in [0.2, 0.25) is 0 Å². The number of benzene rings is 1. The van der Waals surface area contributed by atoms with E-state index >= 15 is 0 Å². The van der Waals surface area contributed by atoms with Crippen molar-refractivity contribution < 1.29 is 0 Å². The van der Waals surface area contributed by atoms with Crippen LogP contribution in [0.5, 0.6) is 0 Å². The van der Waals surface area contributed by atoms with Crippen molar-refractivity contribution in [1.82, 2.24) is 4.90 Å². The van der Waals surface area contributed by atoms with Gasteiger partial charge in [0.15, 0.2) is 0 Å². The molecule has 0 amide bonds. The van der Waals surface area contributed by atoms with Gasteiger partial charge in [0.05, 0.1) is 0 Å². The van der Waals surface area contributed by atoms with Crippen LogP contribution in [-0.4, -0.2) is 24.0 Å². The zero-order valence-electron chi connectivity index (χ0n) is 10.6. The fourth-order valence-corrected chi connectivity index (χ4v) is 2.78. The second-order valence-electron chi connectivity index (χ2n) is 4.96. The van der Waals surface area contributed by atoms with Gasteiger partial charge in [0, 0.05) is 19.1 Å². The highest BCUT2D eigenvalue weighted by Gasteiger charge is 2.20. The first kappa shape index (κ1) is 12.4. The van der Waals surface area contributed by atoms with Gasteiger partial charge in [-0.1, -0.05) is 49.2 Å². The van der Waals surface area contributed by atoms with E-state index in [2.05, 4.69) is 41.8 Å². The largest absolute Gasteiger partial charge is 0.296 e. The first-order valence-electron chi connectivity index (χ1n) is 6.79. The minimum atomic E-state index is 0.803. The van der Waals surface area contributed by atoms with Gasteiger partial charge < -0.3 is 0 Å². The van der Waals surface area contributed by atoms with Crippen LogP contribution in [0.25, 0.3) is 0 Å². The summed E-state index contributed by atoms with van der Waals surface area (Å²) in [6.07, 6.45) is 8.77. The van der Waals surface area contributed by atoms with Crippen molar-refractivity contribution in [3.05, 3.63) is 48.6 Å². The first-order valence-corrected chi connectivity index (χ1v) is 6.79. The molecule has 0 bridgehead atoms. The highest BCUT2D eigenvalue weighted by atomic mass is 15.1. The molecular formula is C16H23N. The van der Waals surface area contributed by atoms with Crippen molar-refractivity contribution in [3.8, 4) is 0 Å². The van der Waals surface area contributed by atoms with E-state index in [1.807, 2.05) is 6.08 Å². The monoisotopic (exact) mass is 229 g/mol. The van der Waals surface area contributed by atoms with Gasteiger partial charge in [-0.15, -0.1) is 6.58 Å². The second-order valence-corrected chi connectivity index (χ2v) is 4.96. The van der Waals surface area contributed by atoms with E-state index in [1.165, 1.54) is 37.8 Å². The Morgan fingerprint density at radius 1 is 1.18 bits per heavy atom. The highest BCUT2D eigenvalue weighted by molar-refractivity contribution is 5.15. The molecule has 0 N–H and O–H groups in total. The Labute approximate surface area is 105 Å². The van der Waals surface area contributed by atoms with Crippen LogP contribution in [0.4, 0.5) is 0 Å². The average molecular weight is 229 g/mol. The Hall–Kier alpha value is -1.08. The standard InChI is InChI=1S/C16H23N/c1-2-13-17(16-10-6-7-11-16)14-12-15-8-4-3-5-9-15/h2-5,8-9,16H,1,6-7,10-14H2. The van der Waals surface area contributed by atoms with Crippen molar-refractivity contribution in [1.29, 1.82) is 0 Å². The van der Waals surface area contributed by atoms with Crippen LogP contribution in [-0.2, 0) is 6.42 Å². The van der Waals surface area contributed by atoms with Crippen LogP contribution in [0, 0.1) is 0 Å². The predicted octanol–water partition coefficient (Wildman–Crippen LogP) is 3.66. The van der Waals surface area contributed by atoms with Gasteiger partial charge in [0.25, 0.3) is 0 Å². The Morgan fingerprint density at radius 2 is 1.88 bits per heavy atom. The fourth-order valence-electron chi connectivity index (χ4n) is 2.78. The minimum absolute atomic E-state index is 0.803. The van der Waals surface area contributed by atoms with Crippen molar-refractivity contribution in [3.63, 3.8) is 0 Å². The van der Waals surface area contributed by atoms with Crippen LogP contribution in [0.2, 0.25) is 0 Å². The van der Waals surface area contributed by atoms with E-state index in [1.54, 1.807) is 0 Å². The maximum Gasteiger partial charge on any atom is 0.0163 e. The number of rotatable bonds is 6. The maximum absolute atomic E-state index is 3.89. The molecule has 0 saturated heterocycles. The summed E-state index contributed by atoms with van der Waals surface area (Å²) in [5.74, 6) is 0. The van der Waals surface area contributed by atoms with E-state index in [0.29, 0.717) is 0 Å². The molecule has 2 rings (SSSR count). The molecule has 92 valence electrons. The Morgan fingerprint density at radius 3 is 2.53 bits per heavy atom. The lowest BCUT2D eigenvalue weighted by atomic mass is 10.1. The summed E-state index contributed by atoms with van der Waals surface area (Å²) >= 11 is 0. The van der Waals surface area contributed by atoms with Crippen LogP contribution in [0.3, 0.4) is 0 Å². The van der Waals surface area contributed by atoms with Gasteiger partial charge in [-0.25, -0.2) is 0 Å². The lowest BCUT2D eigenvalue weighted by Crippen LogP contribution is -2.35. The summed E-state index contributed by atoms with van der Waals surface area (Å²) in [6.45, 7) is 6.09. The van der Waals surface area contributed by atoms with E-state index in [-0.39, 0.29) is 0 Å². The summed E-state index contributed by atoms with van der Waals surface area (Å²) < 4.78 is 0. The number of nitrogens with zero attached hydrogens (tertiary/aromatic N) is 1. The zero-order valence-corrected chi connectivity index (χ0v) is 10.6. The van der Waals surface area contributed by atoms with Crippen molar-refractivity contribution >= 4 is 0 Å². The summed E-state index contributed by atoms with van der Waals surface area (Å²) in [5.41, 5.74) is 1.44. The third kappa shape index (κ3) is 3.71. The molecule has 0 unspecified atom stereocenters. The molecular weight excluding hydrogens is 206 g/mol. The van der Waals surface area contributed by atoms with Gasteiger partial charge >= 0.3 is 0 Å². The molecule has 0 spiro atoms. The Balaban J connectivity index is 1.86. The number of hydrogen-bond acceptors (Lipinski definition) is 1. The molecule has 1 aromatic carbocycles. The molecule has 0 radical (unpaired) electrons. The molecule has 1 aromatic rings. The molecule has 1 saturated carbocycles. The molecule has 17 heavy (non-hydrogen) atoms. The molecule has 0 aromatic heterocycles. The normalized spacial score (nSPS) is 16.5. The van der Waals surface area contributed by atoms with E-state index in [0.717, 1.165) is 19.0 Å². The van der Waals surface area contributed by atoms with Crippen LogP contribution in [0.1, 0.15) is 31.2 Å². The van der Waals surface area contributed by atoms with Crippen molar-refractivity contribution in [2.75, 3.05) is 13.1 Å². The number of hydrogen-bond donors (Lipinski definition) is 0. The molecule has 1 aliphatic carbocycles.